The summed E-state index contributed by atoms with van der Waals surface area (Å²) in [6.07, 6.45) is 2.39. The number of rotatable bonds is 18. The minimum absolute atomic E-state index is 0.0192. The monoisotopic (exact) mass is 624 g/mol. The van der Waals surface area contributed by atoms with Crippen LogP contribution in [-0.4, -0.2) is 54.8 Å². The van der Waals surface area contributed by atoms with Crippen LogP contribution in [0.25, 0.3) is 10.8 Å². The number of ketones is 2. The van der Waals surface area contributed by atoms with Crippen LogP contribution in [0.5, 0.6) is 0 Å². The van der Waals surface area contributed by atoms with Gasteiger partial charge in [-0.05, 0) is 62.3 Å². The van der Waals surface area contributed by atoms with Gasteiger partial charge in [0, 0.05) is 31.7 Å². The van der Waals surface area contributed by atoms with Gasteiger partial charge in [-0.1, -0.05) is 76.1 Å². The van der Waals surface area contributed by atoms with E-state index in [-0.39, 0.29) is 36.2 Å². The van der Waals surface area contributed by atoms with E-state index in [0.29, 0.717) is 45.1 Å². The number of methoxy groups -OCH3 is 1. The number of nitrogens with one attached hydrogen (secondary N) is 2. The SMILES string of the molecule is CCC(=O)C[C@@H](Cc1ccc2ccccc2c1)C(=O)N[C@H](C(=O)C[C@@H](CCCCNC(=O)OC(C)(C)C)C(=O)OC)[C@@H](C)CC. The largest absolute Gasteiger partial charge is 0.469 e. The van der Waals surface area contributed by atoms with Gasteiger partial charge in [0.2, 0.25) is 5.91 Å². The van der Waals surface area contributed by atoms with Crippen LogP contribution in [0.1, 0.15) is 92.1 Å². The molecule has 0 bridgehead atoms. The van der Waals surface area contributed by atoms with E-state index in [9.17, 15) is 24.0 Å². The molecule has 248 valence electrons. The molecule has 0 saturated heterocycles. The summed E-state index contributed by atoms with van der Waals surface area (Å²) in [6.45, 7) is 11.4. The van der Waals surface area contributed by atoms with Gasteiger partial charge in [-0.3, -0.25) is 19.2 Å². The zero-order valence-electron chi connectivity index (χ0n) is 28.1. The lowest BCUT2D eigenvalue weighted by atomic mass is 9.86. The van der Waals surface area contributed by atoms with Crippen molar-refractivity contribution < 1.29 is 33.4 Å². The number of alkyl carbamates (subject to hydrolysis) is 1. The summed E-state index contributed by atoms with van der Waals surface area (Å²) in [5.74, 6) is -2.58. The van der Waals surface area contributed by atoms with E-state index in [0.717, 1.165) is 16.3 Å². The van der Waals surface area contributed by atoms with Crippen LogP contribution in [0.4, 0.5) is 4.79 Å². The molecule has 2 rings (SSSR count). The van der Waals surface area contributed by atoms with Crippen molar-refractivity contribution in [2.75, 3.05) is 13.7 Å². The van der Waals surface area contributed by atoms with Crippen molar-refractivity contribution in [1.29, 1.82) is 0 Å². The van der Waals surface area contributed by atoms with E-state index in [4.69, 9.17) is 9.47 Å². The summed E-state index contributed by atoms with van der Waals surface area (Å²) in [6, 6.07) is 13.2. The second-order valence-electron chi connectivity index (χ2n) is 12.9. The van der Waals surface area contributed by atoms with Gasteiger partial charge < -0.3 is 20.1 Å². The summed E-state index contributed by atoms with van der Waals surface area (Å²) in [4.78, 5) is 64.4. The van der Waals surface area contributed by atoms with Gasteiger partial charge in [0.15, 0.2) is 5.78 Å². The topological polar surface area (TPSA) is 128 Å². The number of amides is 2. The van der Waals surface area contributed by atoms with Gasteiger partial charge in [0.1, 0.15) is 11.4 Å². The molecule has 0 saturated carbocycles. The second kappa shape index (κ2) is 18.3. The number of hydrogen-bond acceptors (Lipinski definition) is 7. The van der Waals surface area contributed by atoms with Crippen molar-refractivity contribution in [1.82, 2.24) is 10.6 Å². The summed E-state index contributed by atoms with van der Waals surface area (Å²) in [5.41, 5.74) is 0.348. The van der Waals surface area contributed by atoms with E-state index in [1.54, 1.807) is 27.7 Å². The normalized spacial score (nSPS) is 14.1. The summed E-state index contributed by atoms with van der Waals surface area (Å²) in [7, 11) is 1.29. The average Bonchev–Trinajstić information content (AvgIpc) is 3.00. The number of carbonyl (C=O) groups is 5. The lowest BCUT2D eigenvalue weighted by Crippen LogP contribution is -2.48. The van der Waals surface area contributed by atoms with E-state index in [1.807, 2.05) is 56.3 Å². The van der Waals surface area contributed by atoms with E-state index in [1.165, 1.54) is 7.11 Å². The maximum absolute atomic E-state index is 13.7. The van der Waals surface area contributed by atoms with Crippen LogP contribution in [0.15, 0.2) is 42.5 Å². The molecule has 2 amide bonds. The van der Waals surface area contributed by atoms with Crippen molar-refractivity contribution in [3.63, 3.8) is 0 Å². The Morgan fingerprint density at radius 2 is 1.58 bits per heavy atom. The molecule has 0 spiro atoms. The van der Waals surface area contributed by atoms with Crippen molar-refractivity contribution in [3.8, 4) is 0 Å². The molecule has 9 heteroatoms. The highest BCUT2D eigenvalue weighted by atomic mass is 16.6. The summed E-state index contributed by atoms with van der Waals surface area (Å²) < 4.78 is 10.2. The number of esters is 1. The number of fused-ring (bicyclic) bond motifs is 1. The minimum atomic E-state index is -0.806. The first-order valence-electron chi connectivity index (χ1n) is 16.1. The number of unbranched alkanes of at least 4 members (excludes halogenated alkanes) is 1. The van der Waals surface area contributed by atoms with Crippen molar-refractivity contribution >= 4 is 40.3 Å². The lowest BCUT2D eigenvalue weighted by molar-refractivity contribution is -0.148. The van der Waals surface area contributed by atoms with Gasteiger partial charge in [-0.15, -0.1) is 0 Å². The molecule has 0 aliphatic carbocycles. The first-order valence-corrected chi connectivity index (χ1v) is 16.1. The van der Waals surface area contributed by atoms with Gasteiger partial charge in [0.05, 0.1) is 19.1 Å². The first-order chi connectivity index (χ1) is 21.3. The standard InChI is InChI=1S/C36H52N2O7/c1-8-24(3)32(31(40)23-28(34(42)44-7)16-12-13-19-37-35(43)45-36(4,5)6)38-33(41)29(22-30(39)9-2)21-25-17-18-26-14-10-11-15-27(26)20-25/h10-11,14-15,17-18,20,24,28-29,32H,8-9,12-13,16,19,21-23H2,1-7H3,(H,37,43)(H,38,41)/t24-,28+,29+,32-/m0/s1. The third-order valence-corrected chi connectivity index (χ3v) is 8.02. The zero-order chi connectivity index (χ0) is 33.6. The Bertz CT molecular complexity index is 1300. The molecule has 0 aliphatic rings. The maximum atomic E-state index is 13.7. The van der Waals surface area contributed by atoms with Crippen molar-refractivity contribution in [2.24, 2.45) is 17.8 Å². The van der Waals surface area contributed by atoms with Crippen LogP contribution in [-0.2, 0) is 35.1 Å². The highest BCUT2D eigenvalue weighted by Gasteiger charge is 2.33. The van der Waals surface area contributed by atoms with Crippen LogP contribution < -0.4 is 10.6 Å². The highest BCUT2D eigenvalue weighted by Crippen LogP contribution is 2.23. The Balaban J connectivity index is 2.11. The van der Waals surface area contributed by atoms with Crippen molar-refractivity contribution in [2.45, 2.75) is 105 Å². The van der Waals surface area contributed by atoms with Gasteiger partial charge in [-0.25, -0.2) is 4.79 Å². The Hall–Kier alpha value is -3.75. The molecule has 0 fully saturated rings. The smallest absolute Gasteiger partial charge is 0.407 e. The molecule has 0 aromatic heterocycles. The Morgan fingerprint density at radius 1 is 0.889 bits per heavy atom. The first kappa shape index (κ1) is 37.4. The Morgan fingerprint density at radius 3 is 2.20 bits per heavy atom. The number of hydrogen-bond donors (Lipinski definition) is 2. The molecule has 0 unspecified atom stereocenters. The van der Waals surface area contributed by atoms with E-state index >= 15 is 0 Å². The number of benzene rings is 2. The highest BCUT2D eigenvalue weighted by molar-refractivity contribution is 5.94. The van der Waals surface area contributed by atoms with Crippen LogP contribution in [0.2, 0.25) is 0 Å². The van der Waals surface area contributed by atoms with Crippen LogP contribution >= 0.6 is 0 Å². The third-order valence-electron chi connectivity index (χ3n) is 8.02. The van der Waals surface area contributed by atoms with Crippen molar-refractivity contribution in [3.05, 3.63) is 48.0 Å². The maximum Gasteiger partial charge on any atom is 0.407 e. The molecule has 0 heterocycles. The van der Waals surface area contributed by atoms with Gasteiger partial charge in [0.25, 0.3) is 0 Å². The number of Topliss-reactive ketones (excluding diaryl/α,β-unsaturated/α-hetero) is 2. The van der Waals surface area contributed by atoms with Crippen LogP contribution in [0, 0.1) is 17.8 Å². The number of ether oxygens (including phenoxy) is 2. The fraction of sp³-hybridized carbons (Fsp3) is 0.583. The van der Waals surface area contributed by atoms with Gasteiger partial charge >= 0.3 is 12.1 Å². The summed E-state index contributed by atoms with van der Waals surface area (Å²) in [5, 5.41) is 7.81. The predicted molar refractivity (Wildman–Crippen MR) is 176 cm³/mol. The quantitative estimate of drug-likeness (QED) is 0.146. The molecular weight excluding hydrogens is 572 g/mol. The minimum Gasteiger partial charge on any atom is -0.469 e. The van der Waals surface area contributed by atoms with Crippen LogP contribution in [0.3, 0.4) is 0 Å². The molecule has 2 aromatic carbocycles. The molecule has 2 N–H and O–H groups in total. The molecule has 0 radical (unpaired) electrons. The fourth-order valence-corrected chi connectivity index (χ4v) is 5.23. The third kappa shape index (κ3) is 13.0. The molecular formula is C36H52N2O7. The molecule has 9 nitrogen and oxygen atoms in total. The lowest BCUT2D eigenvalue weighted by Gasteiger charge is -2.27. The van der Waals surface area contributed by atoms with Gasteiger partial charge in [-0.2, -0.15) is 0 Å². The molecule has 2 aromatic rings. The Kier molecular flexibility index (Phi) is 15.2. The zero-order valence-corrected chi connectivity index (χ0v) is 28.1. The van der Waals surface area contributed by atoms with E-state index < -0.39 is 35.5 Å². The second-order valence-corrected chi connectivity index (χ2v) is 12.9. The average molecular weight is 625 g/mol. The number of carbonyl (C=O) groups excluding carboxylic acids is 5. The molecule has 0 aliphatic heterocycles. The van der Waals surface area contributed by atoms with E-state index in [2.05, 4.69) is 10.6 Å². The molecule has 4 atom stereocenters. The predicted octanol–water partition coefficient (Wildman–Crippen LogP) is 6.34. The summed E-state index contributed by atoms with van der Waals surface area (Å²) >= 11 is 0. The molecule has 45 heavy (non-hydrogen) atoms. The fourth-order valence-electron chi connectivity index (χ4n) is 5.23. The Labute approximate surface area is 268 Å².